The molecule has 1 fully saturated rings. The Hall–Kier alpha value is -1.49. The van der Waals surface area contributed by atoms with E-state index in [4.69, 9.17) is 23.2 Å². The molecule has 0 radical (unpaired) electrons. The quantitative estimate of drug-likeness (QED) is 0.796. The van der Waals surface area contributed by atoms with E-state index in [1.165, 1.54) is 4.90 Å². The maximum Gasteiger partial charge on any atom is 0.293 e. The third kappa shape index (κ3) is 3.14. The Kier molecular flexibility index (Phi) is 4.43. The van der Waals surface area contributed by atoms with E-state index in [0.717, 1.165) is 17.3 Å². The molecule has 22 heavy (non-hydrogen) atoms. The Morgan fingerprint density at radius 2 is 1.73 bits per heavy atom. The van der Waals surface area contributed by atoms with Gasteiger partial charge in [-0.15, -0.1) is 0 Å². The van der Waals surface area contributed by atoms with Crippen LogP contribution in [0.15, 0.2) is 48.5 Å². The Bertz CT molecular complexity index is 733. The average Bonchev–Trinajstić information content (AvgIpc) is 2.76. The third-order valence-electron chi connectivity index (χ3n) is 3.32. The van der Waals surface area contributed by atoms with Crippen molar-refractivity contribution in [2.45, 2.75) is 11.7 Å². The molecule has 6 heteroatoms. The van der Waals surface area contributed by atoms with E-state index in [2.05, 4.69) is 0 Å². The number of carbonyl (C=O) groups excluding carboxylic acids is 2. The molecule has 1 aliphatic heterocycles. The minimum Gasteiger partial charge on any atom is -0.273 e. The van der Waals surface area contributed by atoms with Crippen LogP contribution < -0.4 is 4.90 Å². The maximum absolute atomic E-state index is 12.5. The number of carbonyl (C=O) groups is 2. The van der Waals surface area contributed by atoms with Gasteiger partial charge in [-0.25, -0.2) is 4.90 Å². The van der Waals surface area contributed by atoms with Gasteiger partial charge in [-0.1, -0.05) is 53.2 Å². The maximum atomic E-state index is 12.5. The number of nitrogens with zero attached hydrogens (tertiary/aromatic N) is 1. The minimum atomic E-state index is -0.423. The molecule has 1 aliphatic rings. The second-order valence-electron chi connectivity index (χ2n) is 4.86. The monoisotopic (exact) mass is 351 g/mol. The van der Waals surface area contributed by atoms with Gasteiger partial charge in [0, 0.05) is 10.0 Å². The van der Waals surface area contributed by atoms with E-state index in [9.17, 15) is 9.59 Å². The Balaban J connectivity index is 1.81. The highest BCUT2D eigenvalue weighted by molar-refractivity contribution is 8.15. The van der Waals surface area contributed by atoms with E-state index in [1.807, 2.05) is 12.1 Å². The summed E-state index contributed by atoms with van der Waals surface area (Å²) in [6.07, 6.45) is 0.490. The van der Waals surface area contributed by atoms with E-state index in [-0.39, 0.29) is 11.1 Å². The Labute approximate surface area is 142 Å². The number of hydrogen-bond donors (Lipinski definition) is 0. The van der Waals surface area contributed by atoms with Crippen molar-refractivity contribution in [2.24, 2.45) is 0 Å². The van der Waals surface area contributed by atoms with E-state index in [1.54, 1.807) is 36.4 Å². The van der Waals surface area contributed by atoms with Gasteiger partial charge in [-0.2, -0.15) is 0 Å². The highest BCUT2D eigenvalue weighted by Gasteiger charge is 2.40. The van der Waals surface area contributed by atoms with Crippen LogP contribution >= 0.6 is 35.0 Å². The fourth-order valence-corrected chi connectivity index (χ4v) is 3.61. The lowest BCUT2D eigenvalue weighted by molar-refractivity contribution is -0.117. The molecular weight excluding hydrogens is 341 g/mol. The van der Waals surface area contributed by atoms with Crippen LogP contribution in [-0.4, -0.2) is 16.4 Å². The number of benzene rings is 2. The topological polar surface area (TPSA) is 37.4 Å². The van der Waals surface area contributed by atoms with Crippen molar-refractivity contribution in [1.29, 1.82) is 0 Å². The molecule has 0 N–H and O–H groups in total. The highest BCUT2D eigenvalue weighted by atomic mass is 35.5. The molecule has 2 aromatic carbocycles. The predicted octanol–water partition coefficient (Wildman–Crippen LogP) is 4.80. The van der Waals surface area contributed by atoms with Crippen LogP contribution in [0.3, 0.4) is 0 Å². The smallest absolute Gasteiger partial charge is 0.273 e. The van der Waals surface area contributed by atoms with Gasteiger partial charge >= 0.3 is 0 Å². The molecule has 112 valence electrons. The van der Waals surface area contributed by atoms with Crippen LogP contribution in [0.5, 0.6) is 0 Å². The van der Waals surface area contributed by atoms with Gasteiger partial charge in [0.2, 0.25) is 5.91 Å². The van der Waals surface area contributed by atoms with Gasteiger partial charge in [0.1, 0.15) is 0 Å². The fraction of sp³-hybridized carbons (Fsp3) is 0.125. The van der Waals surface area contributed by atoms with Gasteiger partial charge in [0.15, 0.2) is 0 Å². The molecular formula is C16H11Cl2NO2S. The summed E-state index contributed by atoms with van der Waals surface area (Å²) in [6.45, 7) is 0. The van der Waals surface area contributed by atoms with Gasteiger partial charge < -0.3 is 0 Å². The van der Waals surface area contributed by atoms with Crippen LogP contribution in [0.4, 0.5) is 10.5 Å². The minimum absolute atomic E-state index is 0.216. The molecule has 0 unspecified atom stereocenters. The zero-order valence-corrected chi connectivity index (χ0v) is 13.7. The van der Waals surface area contributed by atoms with Crippen molar-refractivity contribution in [3.63, 3.8) is 0 Å². The number of rotatable bonds is 3. The normalized spacial score (nSPS) is 18.1. The molecule has 0 spiro atoms. The molecule has 2 amide bonds. The van der Waals surface area contributed by atoms with E-state index >= 15 is 0 Å². The standard InChI is InChI=1S/C16H11Cl2NO2S/c17-11-6-4-10(5-7-11)8-14-15(20)19(16(21)22-14)13-3-1-2-12(18)9-13/h1-7,9,14H,8H2/t14-/m1/s1. The molecule has 0 bridgehead atoms. The number of hydrogen-bond acceptors (Lipinski definition) is 3. The molecule has 0 aromatic heterocycles. The molecule has 0 aliphatic carbocycles. The number of imide groups is 1. The molecule has 3 nitrogen and oxygen atoms in total. The van der Waals surface area contributed by atoms with Crippen molar-refractivity contribution in [1.82, 2.24) is 0 Å². The van der Waals surface area contributed by atoms with Gasteiger partial charge in [-0.3, -0.25) is 9.59 Å². The van der Waals surface area contributed by atoms with Crippen molar-refractivity contribution in [2.75, 3.05) is 4.90 Å². The van der Waals surface area contributed by atoms with Crippen LogP contribution in [-0.2, 0) is 11.2 Å². The first-order valence-corrected chi connectivity index (χ1v) is 8.23. The summed E-state index contributed by atoms with van der Waals surface area (Å²) in [6, 6.07) is 14.0. The van der Waals surface area contributed by atoms with Crippen molar-refractivity contribution in [3.05, 3.63) is 64.1 Å². The Morgan fingerprint density at radius 1 is 1.00 bits per heavy atom. The van der Waals surface area contributed by atoms with Crippen LogP contribution in [0.25, 0.3) is 0 Å². The van der Waals surface area contributed by atoms with Crippen LogP contribution in [0.1, 0.15) is 5.56 Å². The highest BCUT2D eigenvalue weighted by Crippen LogP contribution is 2.34. The summed E-state index contributed by atoms with van der Waals surface area (Å²) < 4.78 is 0. The van der Waals surface area contributed by atoms with Crippen molar-refractivity contribution >= 4 is 51.8 Å². The number of anilines is 1. The molecule has 1 heterocycles. The van der Waals surface area contributed by atoms with E-state index in [0.29, 0.717) is 22.2 Å². The first kappa shape index (κ1) is 15.4. The second kappa shape index (κ2) is 6.32. The SMILES string of the molecule is O=C1S[C@H](Cc2ccc(Cl)cc2)C(=O)N1c1cccc(Cl)c1. The van der Waals surface area contributed by atoms with Crippen molar-refractivity contribution < 1.29 is 9.59 Å². The van der Waals surface area contributed by atoms with Gasteiger partial charge in [0.25, 0.3) is 5.24 Å². The lowest BCUT2D eigenvalue weighted by Gasteiger charge is -2.14. The summed E-state index contributed by atoms with van der Waals surface area (Å²) >= 11 is 12.8. The lowest BCUT2D eigenvalue weighted by atomic mass is 10.1. The largest absolute Gasteiger partial charge is 0.293 e. The van der Waals surface area contributed by atoms with Crippen LogP contribution in [0, 0.1) is 0 Å². The number of amides is 2. The number of thioether (sulfide) groups is 1. The third-order valence-corrected chi connectivity index (χ3v) is 4.85. The summed E-state index contributed by atoms with van der Waals surface area (Å²) in [5.41, 5.74) is 1.48. The summed E-state index contributed by atoms with van der Waals surface area (Å²) in [4.78, 5) is 25.9. The molecule has 0 saturated carbocycles. The first-order valence-electron chi connectivity index (χ1n) is 6.59. The zero-order valence-electron chi connectivity index (χ0n) is 11.3. The zero-order chi connectivity index (χ0) is 15.7. The van der Waals surface area contributed by atoms with Crippen molar-refractivity contribution in [3.8, 4) is 0 Å². The molecule has 2 aromatic rings. The molecule has 1 saturated heterocycles. The average molecular weight is 352 g/mol. The summed E-state index contributed by atoms with van der Waals surface area (Å²) in [5, 5.41) is 0.439. The fourth-order valence-electron chi connectivity index (χ4n) is 2.27. The first-order chi connectivity index (χ1) is 10.5. The Morgan fingerprint density at radius 3 is 2.41 bits per heavy atom. The second-order valence-corrected chi connectivity index (χ2v) is 6.88. The predicted molar refractivity (Wildman–Crippen MR) is 90.9 cm³/mol. The summed E-state index contributed by atoms with van der Waals surface area (Å²) in [5.74, 6) is -0.216. The number of halogens is 2. The van der Waals surface area contributed by atoms with E-state index < -0.39 is 5.25 Å². The molecule has 3 rings (SSSR count). The van der Waals surface area contributed by atoms with Gasteiger partial charge in [-0.05, 0) is 42.3 Å². The van der Waals surface area contributed by atoms with Gasteiger partial charge in [0.05, 0.1) is 10.9 Å². The lowest BCUT2D eigenvalue weighted by Crippen LogP contribution is -2.32. The summed E-state index contributed by atoms with van der Waals surface area (Å²) in [7, 11) is 0. The molecule has 1 atom stereocenters. The van der Waals surface area contributed by atoms with Crippen LogP contribution in [0.2, 0.25) is 10.0 Å².